The zero-order valence-corrected chi connectivity index (χ0v) is 12.8. The van der Waals surface area contributed by atoms with E-state index in [1.165, 1.54) is 6.07 Å². The van der Waals surface area contributed by atoms with Gasteiger partial charge in [0.2, 0.25) is 0 Å². The molecule has 1 aliphatic carbocycles. The fourth-order valence-electron chi connectivity index (χ4n) is 2.57. The van der Waals surface area contributed by atoms with Crippen LogP contribution in [0.1, 0.15) is 38.2 Å². The molecule has 0 amide bonds. The Morgan fingerprint density at radius 3 is 2.74 bits per heavy atom. The molecular formula is C15H21BrFNO. The summed E-state index contributed by atoms with van der Waals surface area (Å²) in [5.74, 6) is 0.483. The Hall–Kier alpha value is -0.450. The molecule has 0 heterocycles. The van der Waals surface area contributed by atoms with Crippen molar-refractivity contribution in [3.63, 3.8) is 0 Å². The molecule has 1 saturated carbocycles. The van der Waals surface area contributed by atoms with Gasteiger partial charge >= 0.3 is 0 Å². The quantitative estimate of drug-likeness (QED) is 0.884. The molecule has 106 valence electrons. The predicted octanol–water partition coefficient (Wildman–Crippen LogP) is 3.62. The first kappa shape index (κ1) is 14.9. The topological polar surface area (TPSA) is 32.3 Å². The van der Waals surface area contributed by atoms with Crippen LogP contribution >= 0.6 is 15.9 Å². The van der Waals surface area contributed by atoms with Crippen LogP contribution in [0, 0.1) is 11.7 Å². The van der Waals surface area contributed by atoms with Gasteiger partial charge in [-0.25, -0.2) is 4.39 Å². The Morgan fingerprint density at radius 2 is 2.11 bits per heavy atom. The summed E-state index contributed by atoms with van der Waals surface area (Å²) in [4.78, 5) is 0. The first-order valence-electron chi connectivity index (χ1n) is 6.85. The van der Waals surface area contributed by atoms with Crippen molar-refractivity contribution in [3.8, 4) is 0 Å². The average Bonchev–Trinajstić information content (AvgIpc) is 2.38. The zero-order valence-electron chi connectivity index (χ0n) is 11.3. The molecule has 0 atom stereocenters. The summed E-state index contributed by atoms with van der Waals surface area (Å²) in [5, 5.41) is 13.7. The molecule has 4 heteroatoms. The molecule has 0 unspecified atom stereocenters. The standard InChI is InChI=1S/C15H21BrFNO/c1-11-4-6-15(19,7-5-11)10-18-9-12-2-3-14(17)13(16)8-12/h2-3,8,11,18-19H,4-7,9-10H2,1H3. The van der Waals surface area contributed by atoms with Crippen LogP contribution in [0.5, 0.6) is 0 Å². The van der Waals surface area contributed by atoms with E-state index in [0.717, 1.165) is 37.2 Å². The minimum absolute atomic E-state index is 0.247. The van der Waals surface area contributed by atoms with E-state index in [1.807, 2.05) is 0 Å². The summed E-state index contributed by atoms with van der Waals surface area (Å²) in [6.45, 7) is 3.49. The van der Waals surface area contributed by atoms with Crippen LogP contribution in [-0.4, -0.2) is 17.3 Å². The van der Waals surface area contributed by atoms with Crippen LogP contribution in [0.4, 0.5) is 4.39 Å². The lowest BCUT2D eigenvalue weighted by atomic mass is 9.79. The van der Waals surface area contributed by atoms with Crippen LogP contribution in [0.2, 0.25) is 0 Å². The second kappa shape index (κ2) is 6.33. The van der Waals surface area contributed by atoms with Gasteiger partial charge < -0.3 is 10.4 Å². The van der Waals surface area contributed by atoms with Crippen molar-refractivity contribution >= 4 is 15.9 Å². The van der Waals surface area contributed by atoms with Gasteiger partial charge in [-0.05, 0) is 65.2 Å². The maximum absolute atomic E-state index is 13.1. The molecule has 0 aromatic heterocycles. The summed E-state index contributed by atoms with van der Waals surface area (Å²) < 4.78 is 13.6. The van der Waals surface area contributed by atoms with Gasteiger partial charge in [0.05, 0.1) is 10.1 Å². The van der Waals surface area contributed by atoms with E-state index in [9.17, 15) is 9.50 Å². The van der Waals surface area contributed by atoms with E-state index in [4.69, 9.17) is 0 Å². The van der Waals surface area contributed by atoms with Gasteiger partial charge in [-0.3, -0.25) is 0 Å². The summed E-state index contributed by atoms with van der Waals surface area (Å²) in [6.07, 6.45) is 3.93. The highest BCUT2D eigenvalue weighted by Crippen LogP contribution is 2.31. The summed E-state index contributed by atoms with van der Waals surface area (Å²) in [7, 11) is 0. The van der Waals surface area contributed by atoms with E-state index in [2.05, 4.69) is 28.2 Å². The number of nitrogens with one attached hydrogen (secondary N) is 1. The van der Waals surface area contributed by atoms with E-state index in [0.29, 0.717) is 17.6 Å². The highest BCUT2D eigenvalue weighted by atomic mass is 79.9. The fraction of sp³-hybridized carbons (Fsp3) is 0.600. The van der Waals surface area contributed by atoms with E-state index >= 15 is 0 Å². The summed E-state index contributed by atoms with van der Waals surface area (Å²) in [6, 6.07) is 4.99. The van der Waals surface area contributed by atoms with Crippen molar-refractivity contribution in [2.45, 2.75) is 44.8 Å². The van der Waals surface area contributed by atoms with Crippen molar-refractivity contribution in [1.82, 2.24) is 5.32 Å². The fourth-order valence-corrected chi connectivity index (χ4v) is 2.99. The predicted molar refractivity (Wildman–Crippen MR) is 78.4 cm³/mol. The van der Waals surface area contributed by atoms with Gasteiger partial charge in [0, 0.05) is 13.1 Å². The van der Waals surface area contributed by atoms with Crippen LogP contribution < -0.4 is 5.32 Å². The molecule has 1 fully saturated rings. The lowest BCUT2D eigenvalue weighted by molar-refractivity contribution is -0.00630. The van der Waals surface area contributed by atoms with Gasteiger partial charge in [0.15, 0.2) is 0 Å². The van der Waals surface area contributed by atoms with Crippen molar-refractivity contribution in [2.75, 3.05) is 6.54 Å². The third kappa shape index (κ3) is 4.26. The molecule has 1 aromatic rings. The van der Waals surface area contributed by atoms with Crippen molar-refractivity contribution in [3.05, 3.63) is 34.1 Å². The first-order chi connectivity index (χ1) is 8.98. The highest BCUT2D eigenvalue weighted by Gasteiger charge is 2.31. The third-order valence-corrected chi connectivity index (χ3v) is 4.58. The molecule has 19 heavy (non-hydrogen) atoms. The number of hydrogen-bond acceptors (Lipinski definition) is 2. The summed E-state index contributed by atoms with van der Waals surface area (Å²) >= 11 is 3.18. The smallest absolute Gasteiger partial charge is 0.137 e. The number of hydrogen-bond donors (Lipinski definition) is 2. The maximum Gasteiger partial charge on any atom is 0.137 e. The molecular weight excluding hydrogens is 309 g/mol. The van der Waals surface area contributed by atoms with Gasteiger partial charge in [-0.1, -0.05) is 13.0 Å². The second-order valence-corrected chi connectivity index (χ2v) is 6.61. The van der Waals surface area contributed by atoms with E-state index < -0.39 is 5.60 Å². The van der Waals surface area contributed by atoms with Crippen molar-refractivity contribution in [2.24, 2.45) is 5.92 Å². The Kier molecular flexibility index (Phi) is 4.98. The monoisotopic (exact) mass is 329 g/mol. The Bertz CT molecular complexity index is 430. The number of benzene rings is 1. The van der Waals surface area contributed by atoms with E-state index in [1.54, 1.807) is 12.1 Å². The van der Waals surface area contributed by atoms with Crippen LogP contribution in [-0.2, 0) is 6.54 Å². The summed E-state index contributed by atoms with van der Waals surface area (Å²) in [5.41, 5.74) is 0.449. The van der Waals surface area contributed by atoms with Gasteiger partial charge in [-0.2, -0.15) is 0 Å². The lowest BCUT2D eigenvalue weighted by Gasteiger charge is -2.35. The van der Waals surface area contributed by atoms with Gasteiger partial charge in [0.25, 0.3) is 0 Å². The molecule has 1 aliphatic rings. The maximum atomic E-state index is 13.1. The highest BCUT2D eigenvalue weighted by molar-refractivity contribution is 9.10. The normalized spacial score (nSPS) is 27.5. The van der Waals surface area contributed by atoms with E-state index in [-0.39, 0.29) is 5.82 Å². The molecule has 2 rings (SSSR count). The third-order valence-electron chi connectivity index (χ3n) is 3.97. The van der Waals surface area contributed by atoms with Gasteiger partial charge in [0.1, 0.15) is 5.82 Å². The molecule has 2 N–H and O–H groups in total. The Balaban J connectivity index is 1.81. The molecule has 1 aromatic carbocycles. The Morgan fingerprint density at radius 1 is 1.42 bits per heavy atom. The molecule has 0 saturated heterocycles. The van der Waals surface area contributed by atoms with Crippen molar-refractivity contribution in [1.29, 1.82) is 0 Å². The first-order valence-corrected chi connectivity index (χ1v) is 7.65. The number of halogens is 2. The molecule has 0 aliphatic heterocycles. The average molecular weight is 330 g/mol. The second-order valence-electron chi connectivity index (χ2n) is 5.76. The largest absolute Gasteiger partial charge is 0.389 e. The van der Waals surface area contributed by atoms with Crippen LogP contribution in [0.15, 0.2) is 22.7 Å². The SMILES string of the molecule is CC1CCC(O)(CNCc2ccc(F)c(Br)c2)CC1. The lowest BCUT2D eigenvalue weighted by Crippen LogP contribution is -2.43. The molecule has 0 radical (unpaired) electrons. The molecule has 0 bridgehead atoms. The van der Waals surface area contributed by atoms with Gasteiger partial charge in [-0.15, -0.1) is 0 Å². The zero-order chi connectivity index (χ0) is 13.9. The molecule has 2 nitrogen and oxygen atoms in total. The number of rotatable bonds is 4. The van der Waals surface area contributed by atoms with Crippen LogP contribution in [0.25, 0.3) is 0 Å². The minimum Gasteiger partial charge on any atom is -0.389 e. The van der Waals surface area contributed by atoms with Crippen molar-refractivity contribution < 1.29 is 9.50 Å². The molecule has 0 spiro atoms. The Labute approximate surface area is 122 Å². The minimum atomic E-state index is -0.566. The van der Waals surface area contributed by atoms with Crippen LogP contribution in [0.3, 0.4) is 0 Å². The number of aliphatic hydroxyl groups is 1.